The zero-order valence-corrected chi connectivity index (χ0v) is 11.6. The molecule has 1 aromatic heterocycles. The number of hydrogen-bond acceptors (Lipinski definition) is 5. The van der Waals surface area contributed by atoms with Crippen molar-refractivity contribution in [1.82, 2.24) is 4.98 Å². The molecule has 0 aliphatic carbocycles. The summed E-state index contributed by atoms with van der Waals surface area (Å²) < 4.78 is 31.6. The molecule has 110 valence electrons. The van der Waals surface area contributed by atoms with Crippen molar-refractivity contribution in [3.05, 3.63) is 42.5 Å². The minimum atomic E-state index is -4.67. The molecule has 0 fully saturated rings. The topological polar surface area (TPSA) is 140 Å². The molecule has 0 bridgehead atoms. The third-order valence-electron chi connectivity index (χ3n) is 2.66. The molecular weight excluding hydrogens is 294 g/mol. The molecule has 0 amide bonds. The molecular formula is C13H13N3O4S. The molecule has 2 aromatic carbocycles. The number of nitrogens with two attached hydrogens (primary N) is 2. The second-order valence-corrected chi connectivity index (χ2v) is 5.24. The first-order chi connectivity index (χ1) is 9.72. The van der Waals surface area contributed by atoms with Crippen LogP contribution in [-0.2, 0) is 10.4 Å². The van der Waals surface area contributed by atoms with Crippen molar-refractivity contribution in [2.75, 3.05) is 11.5 Å². The number of anilines is 2. The van der Waals surface area contributed by atoms with Gasteiger partial charge in [-0.3, -0.25) is 9.11 Å². The molecule has 21 heavy (non-hydrogen) atoms. The molecule has 8 heteroatoms. The number of nitrogen functional groups attached to an aromatic ring is 2. The van der Waals surface area contributed by atoms with Gasteiger partial charge in [0.15, 0.2) is 0 Å². The number of nitrogens with zero attached hydrogens (tertiary/aromatic N) is 1. The Morgan fingerprint density at radius 1 is 0.810 bits per heavy atom. The minimum absolute atomic E-state index is 0.725. The maximum Gasteiger partial charge on any atom is 0.394 e. The monoisotopic (exact) mass is 307 g/mol. The van der Waals surface area contributed by atoms with Crippen LogP contribution in [0.4, 0.5) is 11.4 Å². The van der Waals surface area contributed by atoms with E-state index in [1.807, 2.05) is 36.4 Å². The van der Waals surface area contributed by atoms with Gasteiger partial charge in [-0.15, -0.1) is 0 Å². The fourth-order valence-electron chi connectivity index (χ4n) is 1.86. The van der Waals surface area contributed by atoms with Crippen molar-refractivity contribution in [1.29, 1.82) is 0 Å². The lowest BCUT2D eigenvalue weighted by Gasteiger charge is -2.03. The van der Waals surface area contributed by atoms with Crippen molar-refractivity contribution in [3.63, 3.8) is 0 Å². The van der Waals surface area contributed by atoms with Gasteiger partial charge in [0.1, 0.15) is 0 Å². The van der Waals surface area contributed by atoms with Crippen LogP contribution in [-0.4, -0.2) is 22.5 Å². The summed E-state index contributed by atoms with van der Waals surface area (Å²) in [5.74, 6) is 0. The van der Waals surface area contributed by atoms with Gasteiger partial charge in [-0.1, -0.05) is 12.1 Å². The molecule has 0 aliphatic heterocycles. The zero-order chi connectivity index (χ0) is 15.6. The highest BCUT2D eigenvalue weighted by Gasteiger charge is 2.00. The first-order valence-electron chi connectivity index (χ1n) is 5.78. The molecule has 0 spiro atoms. The number of pyridine rings is 1. The summed E-state index contributed by atoms with van der Waals surface area (Å²) in [6, 6.07) is 13.6. The summed E-state index contributed by atoms with van der Waals surface area (Å²) in [6.07, 6.45) is 0. The van der Waals surface area contributed by atoms with Gasteiger partial charge in [-0.25, -0.2) is 4.98 Å². The van der Waals surface area contributed by atoms with Crippen LogP contribution in [0.5, 0.6) is 0 Å². The Bertz CT molecular complexity index is 845. The van der Waals surface area contributed by atoms with Crippen LogP contribution in [0.1, 0.15) is 0 Å². The van der Waals surface area contributed by atoms with Gasteiger partial charge in [0.25, 0.3) is 0 Å². The minimum Gasteiger partial charge on any atom is -0.399 e. The van der Waals surface area contributed by atoms with Gasteiger partial charge in [0.05, 0.1) is 11.0 Å². The van der Waals surface area contributed by atoms with Gasteiger partial charge in [-0.2, -0.15) is 8.42 Å². The Morgan fingerprint density at radius 3 is 1.57 bits per heavy atom. The quantitative estimate of drug-likeness (QED) is 0.282. The van der Waals surface area contributed by atoms with Gasteiger partial charge >= 0.3 is 10.4 Å². The van der Waals surface area contributed by atoms with Gasteiger partial charge in [-0.05, 0) is 30.3 Å². The molecule has 0 saturated carbocycles. The summed E-state index contributed by atoms with van der Waals surface area (Å²) in [5, 5.41) is 2.18. The average molecular weight is 307 g/mol. The summed E-state index contributed by atoms with van der Waals surface area (Å²) in [6.45, 7) is 0. The largest absolute Gasteiger partial charge is 0.399 e. The molecule has 0 atom stereocenters. The molecule has 3 rings (SSSR count). The van der Waals surface area contributed by atoms with E-state index in [4.69, 9.17) is 29.0 Å². The smallest absolute Gasteiger partial charge is 0.394 e. The Morgan fingerprint density at radius 2 is 1.19 bits per heavy atom. The van der Waals surface area contributed by atoms with E-state index in [0.29, 0.717) is 0 Å². The Labute approximate surface area is 120 Å². The number of hydrogen-bond donors (Lipinski definition) is 4. The highest BCUT2D eigenvalue weighted by molar-refractivity contribution is 7.79. The van der Waals surface area contributed by atoms with E-state index in [1.165, 1.54) is 0 Å². The summed E-state index contributed by atoms with van der Waals surface area (Å²) in [5.41, 5.74) is 14.7. The molecule has 1 heterocycles. The van der Waals surface area contributed by atoms with E-state index in [0.717, 1.165) is 33.2 Å². The van der Waals surface area contributed by atoms with Crippen molar-refractivity contribution in [3.8, 4) is 0 Å². The lowest BCUT2D eigenvalue weighted by molar-refractivity contribution is 0.381. The first-order valence-corrected chi connectivity index (χ1v) is 7.17. The third kappa shape index (κ3) is 4.28. The summed E-state index contributed by atoms with van der Waals surface area (Å²) in [4.78, 5) is 4.54. The summed E-state index contributed by atoms with van der Waals surface area (Å²) in [7, 11) is -4.67. The van der Waals surface area contributed by atoms with E-state index >= 15 is 0 Å². The predicted molar refractivity (Wildman–Crippen MR) is 82.3 cm³/mol. The standard InChI is InChI=1S/C13H11N3.H2O4S/c14-10-3-1-8-5-9-2-4-11(15)7-13(9)16-12(8)6-10;1-5(2,3)4/h1-7H,14-15H2;(H2,1,2,3,4). The van der Waals surface area contributed by atoms with Crippen LogP contribution in [0.2, 0.25) is 0 Å². The Hall–Kier alpha value is -2.42. The Balaban J connectivity index is 0.000000282. The van der Waals surface area contributed by atoms with E-state index < -0.39 is 10.4 Å². The van der Waals surface area contributed by atoms with E-state index in [-0.39, 0.29) is 0 Å². The SMILES string of the molecule is Nc1ccc2cc3ccc(N)cc3nc2c1.O=S(=O)(O)O. The van der Waals surface area contributed by atoms with Gasteiger partial charge < -0.3 is 11.5 Å². The number of rotatable bonds is 0. The molecule has 0 unspecified atom stereocenters. The van der Waals surface area contributed by atoms with Crippen LogP contribution in [0, 0.1) is 0 Å². The molecule has 3 aromatic rings. The first kappa shape index (κ1) is 15.0. The molecule has 0 radical (unpaired) electrons. The predicted octanol–water partition coefficient (Wildman–Crippen LogP) is 1.90. The van der Waals surface area contributed by atoms with Crippen molar-refractivity contribution in [2.24, 2.45) is 0 Å². The third-order valence-corrected chi connectivity index (χ3v) is 2.66. The zero-order valence-electron chi connectivity index (χ0n) is 10.8. The molecule has 0 aliphatic rings. The Kier molecular flexibility index (Phi) is 3.94. The maximum atomic E-state index is 8.74. The van der Waals surface area contributed by atoms with Crippen molar-refractivity contribution >= 4 is 43.6 Å². The second-order valence-electron chi connectivity index (χ2n) is 4.34. The van der Waals surface area contributed by atoms with Crippen LogP contribution < -0.4 is 11.5 Å². The summed E-state index contributed by atoms with van der Waals surface area (Å²) >= 11 is 0. The van der Waals surface area contributed by atoms with E-state index in [9.17, 15) is 0 Å². The van der Waals surface area contributed by atoms with Crippen LogP contribution >= 0.6 is 0 Å². The average Bonchev–Trinajstić information content (AvgIpc) is 2.34. The number of benzene rings is 2. The van der Waals surface area contributed by atoms with Crippen molar-refractivity contribution < 1.29 is 17.5 Å². The second kappa shape index (κ2) is 5.52. The highest BCUT2D eigenvalue weighted by Crippen LogP contribution is 2.22. The maximum absolute atomic E-state index is 8.74. The van der Waals surface area contributed by atoms with Crippen molar-refractivity contribution in [2.45, 2.75) is 0 Å². The van der Waals surface area contributed by atoms with Crippen LogP contribution in [0.15, 0.2) is 42.5 Å². The van der Waals surface area contributed by atoms with E-state index in [1.54, 1.807) is 0 Å². The van der Waals surface area contributed by atoms with Gasteiger partial charge in [0, 0.05) is 22.1 Å². The van der Waals surface area contributed by atoms with Crippen LogP contribution in [0.25, 0.3) is 21.8 Å². The molecule has 0 saturated heterocycles. The normalized spacial score (nSPS) is 11.1. The van der Waals surface area contributed by atoms with E-state index in [2.05, 4.69) is 11.1 Å². The fraction of sp³-hybridized carbons (Fsp3) is 0. The molecule has 7 nitrogen and oxygen atoms in total. The van der Waals surface area contributed by atoms with Gasteiger partial charge in [0.2, 0.25) is 0 Å². The van der Waals surface area contributed by atoms with Crippen LogP contribution in [0.3, 0.4) is 0 Å². The lowest BCUT2D eigenvalue weighted by Crippen LogP contribution is -1.89. The molecule has 6 N–H and O–H groups in total. The number of fused-ring (bicyclic) bond motifs is 2. The highest BCUT2D eigenvalue weighted by atomic mass is 32.3. The lowest BCUT2D eigenvalue weighted by atomic mass is 10.1. The number of aromatic nitrogens is 1. The fourth-order valence-corrected chi connectivity index (χ4v) is 1.86.